The van der Waals surface area contributed by atoms with Crippen molar-refractivity contribution in [3.8, 4) is 27.9 Å². The predicted octanol–water partition coefficient (Wildman–Crippen LogP) is 19.0. The Morgan fingerprint density at radius 3 is 1.99 bits per heavy atom. The highest BCUT2D eigenvalue weighted by Crippen LogP contribution is 2.44. The van der Waals surface area contributed by atoms with E-state index in [0.717, 1.165) is 102 Å². The number of aromatic nitrogens is 1. The number of furan rings is 2. The Bertz CT molecular complexity index is 4620. The van der Waals surface area contributed by atoms with Gasteiger partial charge in [0.1, 0.15) is 22.3 Å². The second-order valence-electron chi connectivity index (χ2n) is 18.9. The molecule has 0 N–H and O–H groups in total. The summed E-state index contributed by atoms with van der Waals surface area (Å²) in [4.78, 5) is 5.54. The molecule has 0 fully saturated rings. The lowest BCUT2D eigenvalue weighted by Gasteiger charge is -2.15. The number of fused-ring (bicyclic) bond motifs is 12. The molecule has 0 bridgehead atoms. The predicted molar refractivity (Wildman–Crippen MR) is 304 cm³/mol. The standard InChI is InChI=1S/C67H42N2O2S/c1-3-14-41(15-4-1)58-38-42(45-28-33-51-50-19-7-9-25-61(50)71-64(51)40-45)16-11-24-57(68-58)54-23-13-26-63-66(54)56-37-44(31-35-62(56)70-63)43-30-34-59-55(36-43)49-32-29-46(39-60(49)69(59)47-17-5-2-6-18-47)48-21-12-22-53-52-20-8-10-27-65(52)72-67(48)53/h1-10,12-15,17-40H,11,16H2/b42-38+,57-24-,68-58+. The first-order valence-corrected chi connectivity index (χ1v) is 25.5. The van der Waals surface area contributed by atoms with Crippen molar-refractivity contribution >= 4 is 114 Å². The molecule has 5 heterocycles. The molecular weight excluding hydrogens is 897 g/mol. The van der Waals surface area contributed by atoms with Gasteiger partial charge in [-0.3, -0.25) is 0 Å². The second-order valence-corrected chi connectivity index (χ2v) is 19.9. The van der Waals surface area contributed by atoms with Crippen LogP contribution in [-0.2, 0) is 0 Å². The Hall–Kier alpha value is -9.03. The summed E-state index contributed by atoms with van der Waals surface area (Å²) in [6, 6.07) is 78.6. The van der Waals surface area contributed by atoms with E-state index in [-0.39, 0.29) is 0 Å². The maximum atomic E-state index is 6.65. The molecule has 0 spiro atoms. The van der Waals surface area contributed by atoms with Gasteiger partial charge in [0, 0.05) is 69.3 Å². The van der Waals surface area contributed by atoms with Gasteiger partial charge in [-0.25, -0.2) is 4.99 Å². The van der Waals surface area contributed by atoms with Gasteiger partial charge in [0.25, 0.3) is 0 Å². The minimum absolute atomic E-state index is 0.821. The quantitative estimate of drug-likeness (QED) is 0.167. The third-order valence-corrected chi connectivity index (χ3v) is 15.9. The molecule has 4 aromatic heterocycles. The summed E-state index contributed by atoms with van der Waals surface area (Å²) >= 11 is 1.88. The highest BCUT2D eigenvalue weighted by Gasteiger charge is 2.21. The number of rotatable bonds is 6. The van der Waals surface area contributed by atoms with Crippen LogP contribution in [0, 0.1) is 0 Å². The SMILES string of the molecule is C1=C(c2cccc3oc4ccc(-c5ccc6c(c5)c5ccc(-c7cccc8c7sc7ccccc78)cc5n6-c5ccccc5)cc4c23)/N=C(c2ccccc2)\C=C(\c2ccc3c(c2)oc2ccccc23)CC\1. The van der Waals surface area contributed by atoms with Crippen LogP contribution in [0.15, 0.2) is 244 Å². The van der Waals surface area contributed by atoms with E-state index in [1.54, 1.807) is 0 Å². The molecule has 0 atom stereocenters. The van der Waals surface area contributed by atoms with E-state index >= 15 is 0 Å². The molecule has 72 heavy (non-hydrogen) atoms. The van der Waals surface area contributed by atoms with Crippen molar-refractivity contribution in [2.75, 3.05) is 0 Å². The van der Waals surface area contributed by atoms with Gasteiger partial charge in [-0.15, -0.1) is 11.3 Å². The molecule has 10 aromatic carbocycles. The summed E-state index contributed by atoms with van der Waals surface area (Å²) in [6.45, 7) is 0. The molecule has 0 unspecified atom stereocenters. The highest BCUT2D eigenvalue weighted by atomic mass is 32.1. The number of para-hydroxylation sites is 2. The maximum Gasteiger partial charge on any atom is 0.136 e. The number of aliphatic imine (C=N–C) groups is 1. The Balaban J connectivity index is 0.850. The van der Waals surface area contributed by atoms with E-state index < -0.39 is 0 Å². The van der Waals surface area contributed by atoms with Crippen molar-refractivity contribution < 1.29 is 8.83 Å². The van der Waals surface area contributed by atoms with Crippen molar-refractivity contribution in [1.82, 2.24) is 4.57 Å². The van der Waals surface area contributed by atoms with E-state index in [9.17, 15) is 0 Å². The van der Waals surface area contributed by atoms with Crippen LogP contribution in [0.1, 0.15) is 29.5 Å². The van der Waals surface area contributed by atoms with Gasteiger partial charge < -0.3 is 13.4 Å². The lowest BCUT2D eigenvalue weighted by molar-refractivity contribution is 0.668. The van der Waals surface area contributed by atoms with Crippen LogP contribution in [0.4, 0.5) is 0 Å². The summed E-state index contributed by atoms with van der Waals surface area (Å²) in [6.07, 6.45) is 6.24. The van der Waals surface area contributed by atoms with Gasteiger partial charge in [-0.05, 0) is 125 Å². The maximum absolute atomic E-state index is 6.65. The van der Waals surface area contributed by atoms with Gasteiger partial charge in [-0.2, -0.15) is 0 Å². The van der Waals surface area contributed by atoms with Gasteiger partial charge in [-0.1, -0.05) is 152 Å². The number of hydrogen-bond donors (Lipinski definition) is 0. The van der Waals surface area contributed by atoms with Crippen LogP contribution in [-0.4, -0.2) is 10.3 Å². The molecule has 338 valence electrons. The van der Waals surface area contributed by atoms with Gasteiger partial charge >= 0.3 is 0 Å². The number of nitrogens with zero attached hydrogens (tertiary/aromatic N) is 2. The largest absolute Gasteiger partial charge is 0.456 e. The van der Waals surface area contributed by atoms with Crippen LogP contribution >= 0.6 is 11.3 Å². The van der Waals surface area contributed by atoms with Crippen LogP contribution < -0.4 is 0 Å². The van der Waals surface area contributed by atoms with Crippen LogP contribution in [0.5, 0.6) is 0 Å². The third kappa shape index (κ3) is 6.55. The molecule has 5 heteroatoms. The zero-order valence-electron chi connectivity index (χ0n) is 39.0. The van der Waals surface area contributed by atoms with Crippen molar-refractivity contribution in [3.05, 3.63) is 247 Å². The molecule has 0 amide bonds. The number of benzene rings is 10. The molecule has 1 aliphatic rings. The molecule has 4 nitrogen and oxygen atoms in total. The molecular formula is C67H42N2O2S. The van der Waals surface area contributed by atoms with E-state index in [1.165, 1.54) is 58.7 Å². The summed E-state index contributed by atoms with van der Waals surface area (Å²) in [5.41, 5.74) is 18.1. The van der Waals surface area contributed by atoms with Gasteiger partial charge in [0.05, 0.1) is 22.4 Å². The minimum atomic E-state index is 0.821. The van der Waals surface area contributed by atoms with Crippen molar-refractivity contribution in [1.29, 1.82) is 0 Å². The Labute approximate surface area is 418 Å². The zero-order valence-corrected chi connectivity index (χ0v) is 39.8. The molecule has 0 radical (unpaired) electrons. The first-order valence-electron chi connectivity index (χ1n) is 24.6. The average Bonchev–Trinajstić information content (AvgIpc) is 4.20. The molecule has 1 aliphatic heterocycles. The monoisotopic (exact) mass is 938 g/mol. The normalized spacial score (nSPS) is 15.6. The molecule has 14 aromatic rings. The van der Waals surface area contributed by atoms with E-state index in [1.807, 2.05) is 23.5 Å². The third-order valence-electron chi connectivity index (χ3n) is 14.7. The first-order chi connectivity index (χ1) is 35.7. The molecule has 15 rings (SSSR count). The Morgan fingerprint density at radius 1 is 0.417 bits per heavy atom. The summed E-state index contributed by atoms with van der Waals surface area (Å²) < 4.78 is 18.0. The summed E-state index contributed by atoms with van der Waals surface area (Å²) in [5.74, 6) is 0. The Morgan fingerprint density at radius 2 is 1.08 bits per heavy atom. The first kappa shape index (κ1) is 40.8. The lowest BCUT2D eigenvalue weighted by atomic mass is 9.94. The average molecular weight is 939 g/mol. The van der Waals surface area contributed by atoms with E-state index in [4.69, 9.17) is 13.8 Å². The number of hydrogen-bond acceptors (Lipinski definition) is 4. The fraction of sp³-hybridized carbons (Fsp3) is 0.0299. The topological polar surface area (TPSA) is 43.6 Å². The van der Waals surface area contributed by atoms with E-state index in [0.29, 0.717) is 0 Å². The van der Waals surface area contributed by atoms with Crippen LogP contribution in [0.2, 0.25) is 0 Å². The number of allylic oxidation sites excluding steroid dienone is 3. The molecule has 0 saturated carbocycles. The minimum Gasteiger partial charge on any atom is -0.456 e. The van der Waals surface area contributed by atoms with Gasteiger partial charge in [0.15, 0.2) is 0 Å². The second kappa shape index (κ2) is 16.3. The summed E-state index contributed by atoms with van der Waals surface area (Å²) in [5, 5.41) is 9.46. The lowest BCUT2D eigenvalue weighted by Crippen LogP contribution is -2.02. The summed E-state index contributed by atoms with van der Waals surface area (Å²) in [7, 11) is 0. The smallest absolute Gasteiger partial charge is 0.136 e. The van der Waals surface area contributed by atoms with Crippen LogP contribution in [0.25, 0.3) is 125 Å². The molecule has 0 saturated heterocycles. The Kier molecular flexibility index (Phi) is 9.23. The van der Waals surface area contributed by atoms with Crippen molar-refractivity contribution in [2.45, 2.75) is 12.8 Å². The van der Waals surface area contributed by atoms with E-state index in [2.05, 4.69) is 223 Å². The van der Waals surface area contributed by atoms with Crippen molar-refractivity contribution in [3.63, 3.8) is 0 Å². The zero-order chi connectivity index (χ0) is 47.3. The fourth-order valence-electron chi connectivity index (χ4n) is 11.3. The fourth-order valence-corrected chi connectivity index (χ4v) is 12.5. The number of thiophene rings is 1. The van der Waals surface area contributed by atoms with Crippen LogP contribution in [0.3, 0.4) is 0 Å². The van der Waals surface area contributed by atoms with Crippen molar-refractivity contribution in [2.24, 2.45) is 4.99 Å². The molecule has 0 aliphatic carbocycles. The highest BCUT2D eigenvalue weighted by molar-refractivity contribution is 7.26. The van der Waals surface area contributed by atoms with Gasteiger partial charge in [0.2, 0.25) is 0 Å².